The topological polar surface area (TPSA) is 52.5 Å². The molecule has 1 N–H and O–H groups in total. The average Bonchev–Trinajstić information content (AvgIpc) is 3.57. The smallest absolute Gasteiger partial charge is 0.343 e. The predicted molar refractivity (Wildman–Crippen MR) is 141 cm³/mol. The number of hydrogen-bond acceptors (Lipinski definition) is 3. The highest BCUT2D eigenvalue weighted by Gasteiger charge is 2.46. The molecule has 0 spiro atoms. The maximum Gasteiger partial charge on any atom is 0.416 e. The molecule has 0 bridgehead atoms. The Morgan fingerprint density at radius 2 is 1.85 bits per heavy atom. The SMILES string of the molecule is C\C=C/C(=C\C=C(/C)Cn1ccc2cc(F)cc(C(=O)NC3(c4ccc(COOC)cc4)CC3)c21)C(F)(F)F. The molecule has 3 aromatic rings. The second-order valence-electron chi connectivity index (χ2n) is 9.63. The van der Waals surface area contributed by atoms with Crippen molar-refractivity contribution >= 4 is 16.8 Å². The molecule has 0 saturated heterocycles. The van der Waals surface area contributed by atoms with Crippen molar-refractivity contribution in [2.45, 2.75) is 51.6 Å². The van der Waals surface area contributed by atoms with Gasteiger partial charge < -0.3 is 9.88 Å². The van der Waals surface area contributed by atoms with Crippen LogP contribution in [0.2, 0.25) is 0 Å². The molecule has 5 nitrogen and oxygen atoms in total. The average molecular weight is 543 g/mol. The van der Waals surface area contributed by atoms with Crippen molar-refractivity contribution in [2.24, 2.45) is 0 Å². The minimum Gasteiger partial charge on any atom is -0.343 e. The minimum atomic E-state index is -4.47. The number of amides is 1. The Kier molecular flexibility index (Phi) is 8.42. The monoisotopic (exact) mass is 542 g/mol. The van der Waals surface area contributed by atoms with Gasteiger partial charge in [-0.2, -0.15) is 13.2 Å². The van der Waals surface area contributed by atoms with Gasteiger partial charge in [-0.15, -0.1) is 0 Å². The molecule has 1 saturated carbocycles. The zero-order valence-electron chi connectivity index (χ0n) is 21.9. The van der Waals surface area contributed by atoms with Crippen LogP contribution in [0.15, 0.2) is 84.1 Å². The summed E-state index contributed by atoms with van der Waals surface area (Å²) in [5, 5.41) is 3.62. The Labute approximate surface area is 224 Å². The number of carbonyl (C=O) groups excluding carboxylic acids is 1. The molecule has 1 aliphatic carbocycles. The number of hydrogen-bond donors (Lipinski definition) is 1. The van der Waals surface area contributed by atoms with E-state index in [1.165, 1.54) is 38.3 Å². The molecule has 1 fully saturated rings. The van der Waals surface area contributed by atoms with E-state index in [0.717, 1.165) is 36.1 Å². The lowest BCUT2D eigenvalue weighted by atomic mass is 10.0. The van der Waals surface area contributed by atoms with Crippen molar-refractivity contribution in [1.82, 2.24) is 9.88 Å². The van der Waals surface area contributed by atoms with Crippen LogP contribution in [0.1, 0.15) is 48.2 Å². The van der Waals surface area contributed by atoms with Gasteiger partial charge in [0, 0.05) is 18.1 Å². The molecule has 4 rings (SSSR count). The summed E-state index contributed by atoms with van der Waals surface area (Å²) in [6, 6.07) is 11.9. The van der Waals surface area contributed by atoms with Crippen LogP contribution in [0.5, 0.6) is 0 Å². The van der Waals surface area contributed by atoms with E-state index in [4.69, 9.17) is 4.89 Å². The second-order valence-corrected chi connectivity index (χ2v) is 9.63. The molecule has 9 heteroatoms. The molecule has 0 atom stereocenters. The Morgan fingerprint density at radius 3 is 2.46 bits per heavy atom. The van der Waals surface area contributed by atoms with Crippen molar-refractivity contribution in [1.29, 1.82) is 0 Å². The van der Waals surface area contributed by atoms with Gasteiger partial charge in [0.15, 0.2) is 0 Å². The fourth-order valence-electron chi connectivity index (χ4n) is 4.54. The first kappa shape index (κ1) is 28.3. The van der Waals surface area contributed by atoms with Gasteiger partial charge in [0.05, 0.1) is 29.3 Å². The molecule has 2 aromatic carbocycles. The third-order valence-electron chi connectivity index (χ3n) is 6.66. The van der Waals surface area contributed by atoms with Gasteiger partial charge >= 0.3 is 6.18 Å². The standard InChI is InChI=1S/C30H30F4N2O3/c1-4-5-24(30(32,33)34)9-6-20(2)18-36-15-12-22-16-25(31)17-26(27(22)36)28(37)35-29(13-14-29)23-10-7-21(8-11-23)19-39-38-3/h4-12,15-17H,13-14,18-19H2,1-3H3,(H,35,37)/b5-4-,20-6+,24-9+. The number of fused-ring (bicyclic) bond motifs is 1. The number of carbonyl (C=O) groups is 1. The molecular weight excluding hydrogens is 512 g/mol. The number of halogens is 4. The van der Waals surface area contributed by atoms with Crippen molar-refractivity contribution in [2.75, 3.05) is 7.11 Å². The fourth-order valence-corrected chi connectivity index (χ4v) is 4.54. The van der Waals surface area contributed by atoms with Crippen molar-refractivity contribution < 1.29 is 32.1 Å². The summed E-state index contributed by atoms with van der Waals surface area (Å²) in [4.78, 5) is 23.1. The number of allylic oxidation sites excluding steroid dienone is 6. The maximum atomic E-state index is 14.5. The summed E-state index contributed by atoms with van der Waals surface area (Å²) in [6.45, 7) is 3.75. The van der Waals surface area contributed by atoms with Crippen LogP contribution in [0.4, 0.5) is 17.6 Å². The normalized spacial score (nSPS) is 15.8. The maximum absolute atomic E-state index is 14.5. The van der Waals surface area contributed by atoms with E-state index >= 15 is 0 Å². The van der Waals surface area contributed by atoms with E-state index in [2.05, 4.69) is 10.2 Å². The molecule has 1 aromatic heterocycles. The lowest BCUT2D eigenvalue weighted by molar-refractivity contribution is -0.282. The molecule has 0 unspecified atom stereocenters. The third kappa shape index (κ3) is 6.66. The molecule has 1 heterocycles. The van der Waals surface area contributed by atoms with Gasteiger partial charge in [0.1, 0.15) is 12.4 Å². The van der Waals surface area contributed by atoms with Crippen LogP contribution in [0, 0.1) is 5.82 Å². The fraction of sp³-hybridized carbons (Fsp3) is 0.300. The van der Waals surface area contributed by atoms with Gasteiger partial charge in [0.2, 0.25) is 0 Å². The summed E-state index contributed by atoms with van der Waals surface area (Å²) in [5.74, 6) is -0.966. The quantitative estimate of drug-likeness (QED) is 0.127. The summed E-state index contributed by atoms with van der Waals surface area (Å²) in [7, 11) is 1.44. The minimum absolute atomic E-state index is 0.166. The van der Waals surface area contributed by atoms with E-state index in [9.17, 15) is 22.4 Å². The molecule has 39 heavy (non-hydrogen) atoms. The molecule has 1 aliphatic rings. The Morgan fingerprint density at radius 1 is 1.13 bits per heavy atom. The van der Waals surface area contributed by atoms with Crippen LogP contribution in [-0.2, 0) is 28.5 Å². The van der Waals surface area contributed by atoms with Crippen LogP contribution in [0.25, 0.3) is 10.9 Å². The Balaban J connectivity index is 1.60. The van der Waals surface area contributed by atoms with E-state index in [0.29, 0.717) is 23.1 Å². The second kappa shape index (κ2) is 11.6. The number of aromatic nitrogens is 1. The number of benzene rings is 2. The van der Waals surface area contributed by atoms with Gasteiger partial charge in [-0.1, -0.05) is 54.1 Å². The van der Waals surface area contributed by atoms with E-state index in [-0.39, 0.29) is 12.1 Å². The number of rotatable bonds is 10. The summed E-state index contributed by atoms with van der Waals surface area (Å²) in [5.41, 5.74) is 1.85. The summed E-state index contributed by atoms with van der Waals surface area (Å²) >= 11 is 0. The van der Waals surface area contributed by atoms with Crippen LogP contribution in [0.3, 0.4) is 0 Å². The Hall–Kier alpha value is -3.69. The van der Waals surface area contributed by atoms with Crippen molar-refractivity contribution in [3.05, 3.63) is 107 Å². The Bertz CT molecular complexity index is 1430. The molecular formula is C30H30F4N2O3. The third-order valence-corrected chi connectivity index (χ3v) is 6.66. The van der Waals surface area contributed by atoms with Crippen molar-refractivity contribution in [3.63, 3.8) is 0 Å². The van der Waals surface area contributed by atoms with E-state index < -0.39 is 29.0 Å². The lowest BCUT2D eigenvalue weighted by Crippen LogP contribution is -2.35. The molecule has 1 amide bonds. The lowest BCUT2D eigenvalue weighted by Gasteiger charge is -2.19. The van der Waals surface area contributed by atoms with E-state index in [1.54, 1.807) is 23.8 Å². The predicted octanol–water partition coefficient (Wildman–Crippen LogP) is 7.29. The first-order valence-electron chi connectivity index (χ1n) is 12.5. The van der Waals surface area contributed by atoms with Gasteiger partial charge in [0.25, 0.3) is 5.91 Å². The van der Waals surface area contributed by atoms with Gasteiger partial charge in [-0.05, 0) is 56.0 Å². The van der Waals surface area contributed by atoms with Crippen molar-refractivity contribution in [3.8, 4) is 0 Å². The molecule has 0 radical (unpaired) electrons. The van der Waals surface area contributed by atoms with Gasteiger partial charge in [-0.3, -0.25) is 4.79 Å². The number of nitrogens with zero attached hydrogens (tertiary/aromatic N) is 1. The van der Waals surface area contributed by atoms with Gasteiger partial charge in [-0.25, -0.2) is 14.2 Å². The zero-order chi connectivity index (χ0) is 28.2. The summed E-state index contributed by atoms with van der Waals surface area (Å²) in [6.07, 6.45) is 3.49. The number of alkyl halides is 3. The highest BCUT2D eigenvalue weighted by atomic mass is 19.4. The highest BCUT2D eigenvalue weighted by molar-refractivity contribution is 6.06. The molecule has 206 valence electrons. The zero-order valence-corrected chi connectivity index (χ0v) is 21.9. The largest absolute Gasteiger partial charge is 0.416 e. The first-order chi connectivity index (χ1) is 18.6. The number of nitrogens with one attached hydrogen (secondary N) is 1. The van der Waals surface area contributed by atoms with Crippen LogP contribution < -0.4 is 5.32 Å². The van der Waals surface area contributed by atoms with Crippen LogP contribution in [-0.4, -0.2) is 23.8 Å². The van der Waals surface area contributed by atoms with E-state index in [1.807, 2.05) is 24.3 Å². The molecule has 0 aliphatic heterocycles. The highest BCUT2D eigenvalue weighted by Crippen LogP contribution is 2.46. The van der Waals surface area contributed by atoms with Crippen LogP contribution >= 0.6 is 0 Å². The summed E-state index contributed by atoms with van der Waals surface area (Å²) < 4.78 is 55.9. The first-order valence-corrected chi connectivity index (χ1v) is 12.5.